The molecular weight excluding hydrogens is 338 g/mol. The Labute approximate surface area is 153 Å². The molecule has 1 aromatic rings. The number of nitrogens with zero attached hydrogens (tertiary/aromatic N) is 4. The summed E-state index contributed by atoms with van der Waals surface area (Å²) in [4.78, 5) is 15.7. The lowest BCUT2D eigenvalue weighted by molar-refractivity contribution is 0.0547. The Balaban J connectivity index is 1.48. The van der Waals surface area contributed by atoms with Crippen molar-refractivity contribution in [1.82, 2.24) is 15.0 Å². The molecule has 10 heteroatoms. The highest BCUT2D eigenvalue weighted by molar-refractivity contribution is 5.45. The minimum Gasteiger partial charge on any atom is -0.378 e. The van der Waals surface area contributed by atoms with Gasteiger partial charge < -0.3 is 35.5 Å². The van der Waals surface area contributed by atoms with E-state index in [-0.39, 0.29) is 0 Å². The molecule has 0 unspecified atom stereocenters. The summed E-state index contributed by atoms with van der Waals surface area (Å²) in [7, 11) is 0. The lowest BCUT2D eigenvalue weighted by Crippen LogP contribution is -2.37. The first kappa shape index (κ1) is 19.0. The number of hydrogen-bond donors (Lipinski definition) is 3. The minimum absolute atomic E-state index is 0.486. The Morgan fingerprint density at radius 3 is 2.46 bits per heavy atom. The second kappa shape index (κ2) is 10.4. The lowest BCUT2D eigenvalue weighted by Gasteiger charge is -2.27. The zero-order valence-electron chi connectivity index (χ0n) is 15.2. The molecule has 2 aliphatic rings. The number of aromatic nitrogens is 3. The Hall–Kier alpha value is -1.75. The topological polar surface area (TPSA) is 120 Å². The molecule has 2 heterocycles. The normalized spacial score (nSPS) is 17.3. The highest BCUT2D eigenvalue weighted by Crippen LogP contribution is 2.24. The van der Waals surface area contributed by atoms with Crippen molar-refractivity contribution < 1.29 is 14.2 Å². The van der Waals surface area contributed by atoms with Gasteiger partial charge >= 0.3 is 0 Å². The third-order valence-corrected chi connectivity index (χ3v) is 3.99. The fourth-order valence-electron chi connectivity index (χ4n) is 2.46. The molecule has 3 rings (SSSR count). The van der Waals surface area contributed by atoms with Gasteiger partial charge in [-0.05, 0) is 12.8 Å². The molecule has 10 nitrogen and oxygen atoms in total. The van der Waals surface area contributed by atoms with E-state index in [9.17, 15) is 0 Å². The quantitative estimate of drug-likeness (QED) is 0.424. The summed E-state index contributed by atoms with van der Waals surface area (Å²) < 4.78 is 16.2. The second-order valence-corrected chi connectivity index (χ2v) is 6.24. The van der Waals surface area contributed by atoms with Gasteiger partial charge in [0.1, 0.15) is 0 Å². The lowest BCUT2D eigenvalue weighted by atomic mass is 10.4. The first-order chi connectivity index (χ1) is 12.8. The zero-order chi connectivity index (χ0) is 18.0. The van der Waals surface area contributed by atoms with E-state index in [2.05, 4.69) is 30.5 Å². The van der Waals surface area contributed by atoms with Crippen LogP contribution < -0.4 is 21.3 Å². The van der Waals surface area contributed by atoms with E-state index in [0.29, 0.717) is 76.6 Å². The molecule has 0 bridgehead atoms. The van der Waals surface area contributed by atoms with Gasteiger partial charge in [-0.1, -0.05) is 0 Å². The van der Waals surface area contributed by atoms with Crippen molar-refractivity contribution in [3.8, 4) is 0 Å². The van der Waals surface area contributed by atoms with Crippen molar-refractivity contribution in [3.05, 3.63) is 0 Å². The number of nitrogens with two attached hydrogens (primary N) is 1. The highest BCUT2D eigenvalue weighted by Gasteiger charge is 2.23. The molecule has 0 aromatic carbocycles. The summed E-state index contributed by atoms with van der Waals surface area (Å²) in [5, 5.41) is 6.56. The van der Waals surface area contributed by atoms with Gasteiger partial charge in [-0.3, -0.25) is 0 Å². The molecule has 0 amide bonds. The first-order valence-electron chi connectivity index (χ1n) is 9.30. The van der Waals surface area contributed by atoms with Gasteiger partial charge in [-0.15, -0.1) is 0 Å². The van der Waals surface area contributed by atoms with Crippen molar-refractivity contribution in [2.75, 3.05) is 81.4 Å². The summed E-state index contributed by atoms with van der Waals surface area (Å²) in [6.45, 7) is 6.34. The number of anilines is 3. The fourth-order valence-corrected chi connectivity index (χ4v) is 2.46. The van der Waals surface area contributed by atoms with Gasteiger partial charge in [0, 0.05) is 32.2 Å². The van der Waals surface area contributed by atoms with Gasteiger partial charge in [0.2, 0.25) is 17.8 Å². The number of nitrogens with one attached hydrogen (secondary N) is 2. The number of rotatable bonds is 12. The van der Waals surface area contributed by atoms with Crippen LogP contribution in [0.1, 0.15) is 12.8 Å². The van der Waals surface area contributed by atoms with Crippen LogP contribution in [-0.4, -0.2) is 86.8 Å². The molecule has 0 radical (unpaired) electrons. The molecule has 1 aliphatic carbocycles. The molecule has 4 N–H and O–H groups in total. The average Bonchev–Trinajstić information content (AvgIpc) is 3.48. The fraction of sp³-hybridized carbons (Fsp3) is 0.812. The SMILES string of the molecule is NCCOCCOCCNc1nc(NC2CC2)nc(N2CCOCC2)n1. The van der Waals surface area contributed by atoms with Crippen LogP contribution in [0, 0.1) is 0 Å². The first-order valence-corrected chi connectivity index (χ1v) is 9.30. The highest BCUT2D eigenvalue weighted by atomic mass is 16.5. The monoisotopic (exact) mass is 367 g/mol. The van der Waals surface area contributed by atoms with E-state index in [1.165, 1.54) is 12.8 Å². The van der Waals surface area contributed by atoms with Crippen LogP contribution >= 0.6 is 0 Å². The van der Waals surface area contributed by atoms with E-state index in [4.69, 9.17) is 19.9 Å². The number of hydrogen-bond acceptors (Lipinski definition) is 10. The molecular formula is C16H29N7O3. The predicted octanol–water partition coefficient (Wildman–Crippen LogP) is -0.314. The van der Waals surface area contributed by atoms with Crippen molar-refractivity contribution in [1.29, 1.82) is 0 Å². The predicted molar refractivity (Wildman–Crippen MR) is 98.7 cm³/mol. The van der Waals surface area contributed by atoms with Crippen LogP contribution in [0.15, 0.2) is 0 Å². The maximum Gasteiger partial charge on any atom is 0.232 e. The summed E-state index contributed by atoms with van der Waals surface area (Å²) in [5.41, 5.74) is 5.36. The molecule has 1 aromatic heterocycles. The summed E-state index contributed by atoms with van der Waals surface area (Å²) >= 11 is 0. The van der Waals surface area contributed by atoms with Crippen LogP contribution in [0.3, 0.4) is 0 Å². The van der Waals surface area contributed by atoms with E-state index < -0.39 is 0 Å². The molecule has 0 spiro atoms. The van der Waals surface area contributed by atoms with Crippen molar-refractivity contribution in [2.24, 2.45) is 5.73 Å². The molecule has 0 atom stereocenters. The van der Waals surface area contributed by atoms with Crippen LogP contribution in [0.4, 0.5) is 17.8 Å². The number of morpholine rings is 1. The van der Waals surface area contributed by atoms with E-state index in [1.807, 2.05) is 0 Å². The minimum atomic E-state index is 0.486. The Bertz CT molecular complexity index is 539. The van der Waals surface area contributed by atoms with E-state index >= 15 is 0 Å². The molecule has 1 saturated heterocycles. The Kier molecular flexibility index (Phi) is 7.62. The summed E-state index contributed by atoms with van der Waals surface area (Å²) in [6, 6.07) is 0.486. The van der Waals surface area contributed by atoms with E-state index in [1.54, 1.807) is 0 Å². The number of ether oxygens (including phenoxy) is 3. The van der Waals surface area contributed by atoms with Crippen molar-refractivity contribution in [3.63, 3.8) is 0 Å². The van der Waals surface area contributed by atoms with E-state index in [0.717, 1.165) is 13.1 Å². The van der Waals surface area contributed by atoms with Crippen molar-refractivity contribution >= 4 is 17.8 Å². The maximum atomic E-state index is 5.51. The van der Waals surface area contributed by atoms with Crippen LogP contribution in [0.5, 0.6) is 0 Å². The Morgan fingerprint density at radius 2 is 1.73 bits per heavy atom. The Morgan fingerprint density at radius 1 is 1.00 bits per heavy atom. The van der Waals surface area contributed by atoms with Crippen LogP contribution in [0.25, 0.3) is 0 Å². The summed E-state index contributed by atoms with van der Waals surface area (Å²) in [6.07, 6.45) is 2.34. The molecule has 26 heavy (non-hydrogen) atoms. The largest absolute Gasteiger partial charge is 0.378 e. The van der Waals surface area contributed by atoms with Gasteiger partial charge in [0.05, 0.1) is 39.6 Å². The zero-order valence-corrected chi connectivity index (χ0v) is 15.2. The van der Waals surface area contributed by atoms with Gasteiger partial charge in [-0.25, -0.2) is 0 Å². The van der Waals surface area contributed by atoms with Crippen molar-refractivity contribution in [2.45, 2.75) is 18.9 Å². The van der Waals surface area contributed by atoms with Gasteiger partial charge in [0.15, 0.2) is 0 Å². The van der Waals surface area contributed by atoms with Crippen LogP contribution in [0.2, 0.25) is 0 Å². The molecule has 2 fully saturated rings. The molecule has 1 saturated carbocycles. The third kappa shape index (κ3) is 6.52. The third-order valence-electron chi connectivity index (χ3n) is 3.99. The van der Waals surface area contributed by atoms with Crippen LogP contribution in [-0.2, 0) is 14.2 Å². The standard InChI is InChI=1S/C16H29N7O3/c17-3-7-24-11-12-25-8-4-18-14-20-15(19-13-1-2-13)22-16(21-14)23-5-9-26-10-6-23/h13H,1-12,17H2,(H2,18,19,20,21,22). The smallest absolute Gasteiger partial charge is 0.232 e. The second-order valence-electron chi connectivity index (χ2n) is 6.24. The van der Waals surface area contributed by atoms with Gasteiger partial charge in [0.25, 0.3) is 0 Å². The summed E-state index contributed by atoms with van der Waals surface area (Å²) in [5.74, 6) is 1.88. The average molecular weight is 367 g/mol. The maximum absolute atomic E-state index is 5.51. The molecule has 146 valence electrons. The van der Waals surface area contributed by atoms with Gasteiger partial charge in [-0.2, -0.15) is 15.0 Å². The molecule has 1 aliphatic heterocycles.